The zero-order valence-corrected chi connectivity index (χ0v) is 16.3. The van der Waals surface area contributed by atoms with Gasteiger partial charge in [-0.2, -0.15) is 5.10 Å². The minimum Gasteiger partial charge on any atom is -0.491 e. The highest BCUT2D eigenvalue weighted by molar-refractivity contribution is 6.15. The van der Waals surface area contributed by atoms with Crippen molar-refractivity contribution in [3.05, 3.63) is 48.3 Å². The second-order valence-electron chi connectivity index (χ2n) is 6.26. The summed E-state index contributed by atoms with van der Waals surface area (Å²) < 4.78 is 6.01. The molecule has 7 nitrogen and oxygen atoms in total. The van der Waals surface area contributed by atoms with E-state index in [4.69, 9.17) is 9.99 Å². The maximum atomic E-state index is 8.93. The van der Waals surface area contributed by atoms with Crippen LogP contribution in [0.25, 0.3) is 10.9 Å². The first-order chi connectivity index (χ1) is 13.0. The molecule has 7 heteroatoms. The second-order valence-corrected chi connectivity index (χ2v) is 6.26. The van der Waals surface area contributed by atoms with Crippen LogP contribution in [0.15, 0.2) is 47.6 Å². The summed E-state index contributed by atoms with van der Waals surface area (Å²) in [7, 11) is 1.92. The molecule has 0 aliphatic rings. The predicted octanol–water partition coefficient (Wildman–Crippen LogP) is 3.70. The summed E-state index contributed by atoms with van der Waals surface area (Å²) in [6.45, 7) is 10.3. The normalized spacial score (nSPS) is 15.0. The van der Waals surface area contributed by atoms with Crippen molar-refractivity contribution < 1.29 is 14.9 Å². The van der Waals surface area contributed by atoms with E-state index < -0.39 is 6.10 Å². The molecule has 0 radical (unpaired) electrons. The average Bonchev–Trinajstić information content (AvgIpc) is 3.10. The number of aliphatic imine (C=N–C) groups is 1. The third-order valence-electron chi connectivity index (χ3n) is 4.23. The van der Waals surface area contributed by atoms with Crippen LogP contribution >= 0.6 is 0 Å². The third kappa shape index (κ3) is 5.26. The number of hydrogen-bond donors (Lipinski definition) is 3. The van der Waals surface area contributed by atoms with Crippen molar-refractivity contribution >= 4 is 16.6 Å². The van der Waals surface area contributed by atoms with Gasteiger partial charge in [0, 0.05) is 5.39 Å². The molecule has 0 aliphatic heterocycles. The Balaban J connectivity index is 2.37. The van der Waals surface area contributed by atoms with Crippen LogP contribution in [0.1, 0.15) is 32.9 Å². The molecule has 1 aromatic heterocycles. The summed E-state index contributed by atoms with van der Waals surface area (Å²) in [6.07, 6.45) is 3.86. The molecule has 0 fully saturated rings. The lowest BCUT2D eigenvalue weighted by Gasteiger charge is -2.14. The van der Waals surface area contributed by atoms with Crippen molar-refractivity contribution in [3.8, 4) is 5.75 Å². The SMILES string of the molecule is C=CC(=N/C(=C\C)C(C)OO)c1n[nH]c2ccc(OC(C)CCNC)cc12. The Morgan fingerprint density at radius 2 is 2.22 bits per heavy atom. The Hall–Kier alpha value is -2.48. The fraction of sp³-hybridized carbons (Fsp3) is 0.400. The minimum absolute atomic E-state index is 0.0926. The molecule has 0 saturated carbocycles. The lowest BCUT2D eigenvalue weighted by Crippen LogP contribution is -2.19. The van der Waals surface area contributed by atoms with Crippen molar-refractivity contribution in [2.24, 2.45) is 4.99 Å². The van der Waals surface area contributed by atoms with Gasteiger partial charge in [-0.3, -0.25) is 10.4 Å². The van der Waals surface area contributed by atoms with E-state index in [1.165, 1.54) is 0 Å². The number of nitrogens with one attached hydrogen (secondary N) is 2. The van der Waals surface area contributed by atoms with E-state index in [-0.39, 0.29) is 6.10 Å². The number of nitrogens with zero attached hydrogens (tertiary/aromatic N) is 2. The van der Waals surface area contributed by atoms with Crippen LogP contribution < -0.4 is 10.1 Å². The number of fused-ring (bicyclic) bond motifs is 1. The predicted molar refractivity (Wildman–Crippen MR) is 108 cm³/mol. The quantitative estimate of drug-likeness (QED) is 0.336. The van der Waals surface area contributed by atoms with Crippen LogP contribution in [0.4, 0.5) is 0 Å². The summed E-state index contributed by atoms with van der Waals surface area (Å²) in [5, 5.41) is 20.3. The molecule has 0 aliphatic carbocycles. The van der Waals surface area contributed by atoms with Gasteiger partial charge in [-0.05, 0) is 65.1 Å². The van der Waals surface area contributed by atoms with Crippen LogP contribution in [0.3, 0.4) is 0 Å². The van der Waals surface area contributed by atoms with E-state index in [2.05, 4.69) is 32.0 Å². The molecule has 0 bridgehead atoms. The molecule has 0 amide bonds. The van der Waals surface area contributed by atoms with E-state index in [0.29, 0.717) is 17.1 Å². The average molecular weight is 372 g/mol. The lowest BCUT2D eigenvalue weighted by atomic mass is 10.1. The Morgan fingerprint density at radius 3 is 2.85 bits per heavy atom. The molecule has 146 valence electrons. The van der Waals surface area contributed by atoms with Gasteiger partial charge in [-0.15, -0.1) is 0 Å². The highest BCUT2D eigenvalue weighted by Crippen LogP contribution is 2.25. The number of ether oxygens (including phenoxy) is 1. The first-order valence-corrected chi connectivity index (χ1v) is 9.01. The summed E-state index contributed by atoms with van der Waals surface area (Å²) in [6, 6.07) is 5.80. The largest absolute Gasteiger partial charge is 0.491 e. The molecule has 2 atom stereocenters. The second kappa shape index (κ2) is 10.0. The molecule has 2 unspecified atom stereocenters. The fourth-order valence-electron chi connectivity index (χ4n) is 2.68. The van der Waals surface area contributed by atoms with Gasteiger partial charge < -0.3 is 10.1 Å². The molecule has 2 aromatic rings. The molecule has 3 N–H and O–H groups in total. The molecule has 0 spiro atoms. The van der Waals surface area contributed by atoms with Gasteiger partial charge in [0.05, 0.1) is 23.0 Å². The summed E-state index contributed by atoms with van der Waals surface area (Å²) in [4.78, 5) is 8.94. The fourth-order valence-corrected chi connectivity index (χ4v) is 2.68. The molecular formula is C20H28N4O3. The number of allylic oxidation sites excluding steroid dienone is 2. The highest BCUT2D eigenvalue weighted by atomic mass is 17.1. The zero-order valence-electron chi connectivity index (χ0n) is 16.3. The maximum Gasteiger partial charge on any atom is 0.131 e. The minimum atomic E-state index is -0.554. The molecule has 27 heavy (non-hydrogen) atoms. The lowest BCUT2D eigenvalue weighted by molar-refractivity contribution is -0.264. The smallest absolute Gasteiger partial charge is 0.131 e. The Bertz CT molecular complexity index is 826. The van der Waals surface area contributed by atoms with E-state index >= 15 is 0 Å². The Labute approximate surface area is 159 Å². The number of H-pyrrole nitrogens is 1. The van der Waals surface area contributed by atoms with Crippen molar-refractivity contribution in [1.82, 2.24) is 15.5 Å². The molecule has 1 heterocycles. The molecule has 2 rings (SSSR count). The van der Waals surface area contributed by atoms with Crippen molar-refractivity contribution in [1.29, 1.82) is 0 Å². The van der Waals surface area contributed by atoms with Gasteiger partial charge in [-0.1, -0.05) is 12.7 Å². The molecular weight excluding hydrogens is 344 g/mol. The van der Waals surface area contributed by atoms with E-state index in [1.54, 1.807) is 19.1 Å². The monoisotopic (exact) mass is 372 g/mol. The maximum absolute atomic E-state index is 8.93. The standard InChI is InChI=1S/C20H28N4O3/c1-6-17(14(4)27-25)22-18(7-2)20-16-12-15(8-9-19(16)23-24-20)26-13(3)10-11-21-5/h6-9,12-14,21,25H,2,10-11H2,1,3-5H3,(H,23,24)/b17-6-,22-18?. The van der Waals surface area contributed by atoms with Crippen molar-refractivity contribution in [2.75, 3.05) is 13.6 Å². The Morgan fingerprint density at radius 1 is 1.44 bits per heavy atom. The summed E-state index contributed by atoms with van der Waals surface area (Å²) >= 11 is 0. The number of rotatable bonds is 10. The first-order valence-electron chi connectivity index (χ1n) is 9.01. The zero-order chi connectivity index (χ0) is 19.8. The summed E-state index contributed by atoms with van der Waals surface area (Å²) in [5.74, 6) is 0.774. The van der Waals surface area contributed by atoms with E-state index in [0.717, 1.165) is 29.6 Å². The Kier molecular flexibility index (Phi) is 7.72. The molecule has 1 aromatic carbocycles. The molecule has 0 saturated heterocycles. The number of hydrogen-bond acceptors (Lipinski definition) is 6. The van der Waals surface area contributed by atoms with Gasteiger partial charge >= 0.3 is 0 Å². The number of aromatic nitrogens is 2. The third-order valence-corrected chi connectivity index (χ3v) is 4.23. The summed E-state index contributed by atoms with van der Waals surface area (Å²) in [5.41, 5.74) is 2.70. The van der Waals surface area contributed by atoms with Crippen LogP contribution in [0.5, 0.6) is 5.75 Å². The van der Waals surface area contributed by atoms with Gasteiger partial charge in [0.1, 0.15) is 17.5 Å². The van der Waals surface area contributed by atoms with E-state index in [9.17, 15) is 0 Å². The van der Waals surface area contributed by atoms with Crippen LogP contribution in [-0.2, 0) is 4.89 Å². The van der Waals surface area contributed by atoms with Gasteiger partial charge in [0.25, 0.3) is 0 Å². The highest BCUT2D eigenvalue weighted by Gasteiger charge is 2.15. The van der Waals surface area contributed by atoms with Gasteiger partial charge in [0.15, 0.2) is 0 Å². The van der Waals surface area contributed by atoms with Gasteiger partial charge in [-0.25, -0.2) is 9.88 Å². The number of benzene rings is 1. The first kappa shape index (κ1) is 20.8. The van der Waals surface area contributed by atoms with Crippen molar-refractivity contribution in [2.45, 2.75) is 39.4 Å². The van der Waals surface area contributed by atoms with Gasteiger partial charge in [0.2, 0.25) is 0 Å². The topological polar surface area (TPSA) is 91.8 Å². The van der Waals surface area contributed by atoms with Crippen molar-refractivity contribution in [3.63, 3.8) is 0 Å². The van der Waals surface area contributed by atoms with Crippen LogP contribution in [0.2, 0.25) is 0 Å². The number of aromatic amines is 1. The van der Waals surface area contributed by atoms with Crippen LogP contribution in [0, 0.1) is 0 Å². The van der Waals surface area contributed by atoms with Crippen LogP contribution in [-0.4, -0.2) is 47.0 Å². The van der Waals surface area contributed by atoms with E-state index in [1.807, 2.05) is 39.1 Å².